The summed E-state index contributed by atoms with van der Waals surface area (Å²) >= 11 is 6.71. The van der Waals surface area contributed by atoms with Crippen LogP contribution in [0.4, 0.5) is 23.1 Å². The van der Waals surface area contributed by atoms with Crippen molar-refractivity contribution in [1.82, 2.24) is 9.97 Å². The van der Waals surface area contributed by atoms with Crippen molar-refractivity contribution in [3.05, 3.63) is 39.6 Å². The fourth-order valence-electron chi connectivity index (χ4n) is 1.89. The van der Waals surface area contributed by atoms with Gasteiger partial charge in [0.05, 0.1) is 6.54 Å². The van der Waals surface area contributed by atoms with Crippen LogP contribution in [0, 0.1) is 0 Å². The van der Waals surface area contributed by atoms with Crippen molar-refractivity contribution in [2.75, 3.05) is 4.90 Å². The first kappa shape index (κ1) is 21.1. The van der Waals surface area contributed by atoms with E-state index in [0.717, 1.165) is 28.5 Å². The number of aromatic nitrogens is 2. The Morgan fingerprint density at radius 2 is 2.00 bits per heavy atom. The molecule has 0 bridgehead atoms. The van der Waals surface area contributed by atoms with Gasteiger partial charge in [-0.2, -0.15) is 13.2 Å². The Kier molecular flexibility index (Phi) is 6.10. The van der Waals surface area contributed by atoms with E-state index >= 15 is 0 Å². The van der Waals surface area contributed by atoms with Gasteiger partial charge in [-0.05, 0) is 32.4 Å². The molecular formula is C16H15ClF3N3O3S. The van der Waals surface area contributed by atoms with Crippen molar-refractivity contribution < 1.29 is 27.5 Å². The highest BCUT2D eigenvalue weighted by molar-refractivity contribution is 7.17. The van der Waals surface area contributed by atoms with Crippen LogP contribution >= 0.6 is 22.9 Å². The Balaban J connectivity index is 2.34. The molecule has 2 aromatic rings. The highest BCUT2D eigenvalue weighted by atomic mass is 35.5. The minimum atomic E-state index is -4.56. The third-order valence-electron chi connectivity index (χ3n) is 3.01. The van der Waals surface area contributed by atoms with E-state index in [9.17, 15) is 22.8 Å². The number of hydrogen-bond acceptors (Lipinski definition) is 6. The van der Waals surface area contributed by atoms with Crippen LogP contribution in [0.25, 0.3) is 0 Å². The highest BCUT2D eigenvalue weighted by Crippen LogP contribution is 2.31. The highest BCUT2D eigenvalue weighted by Gasteiger charge is 2.32. The number of amides is 1. The predicted molar refractivity (Wildman–Crippen MR) is 94.2 cm³/mol. The average Bonchev–Trinajstić information content (AvgIpc) is 2.91. The molecule has 11 heteroatoms. The predicted octanol–water partition coefficient (Wildman–Crippen LogP) is 4.96. The minimum Gasteiger partial charge on any atom is -0.443 e. The van der Waals surface area contributed by atoms with Crippen LogP contribution in [0.15, 0.2) is 18.3 Å². The first-order valence-corrected chi connectivity index (χ1v) is 8.74. The molecule has 0 saturated heterocycles. The maximum atomic E-state index is 12.6. The quantitative estimate of drug-likeness (QED) is 0.652. The summed E-state index contributed by atoms with van der Waals surface area (Å²) in [4.78, 5) is 32.1. The summed E-state index contributed by atoms with van der Waals surface area (Å²) in [6, 6.07) is 2.01. The van der Waals surface area contributed by atoms with Gasteiger partial charge in [-0.25, -0.2) is 14.7 Å². The molecule has 0 aromatic carbocycles. The molecule has 146 valence electrons. The van der Waals surface area contributed by atoms with Crippen LogP contribution in [0.2, 0.25) is 5.15 Å². The maximum absolute atomic E-state index is 12.6. The van der Waals surface area contributed by atoms with Crippen molar-refractivity contribution in [2.45, 2.75) is 39.1 Å². The second kappa shape index (κ2) is 7.81. The Morgan fingerprint density at radius 1 is 1.33 bits per heavy atom. The van der Waals surface area contributed by atoms with Crippen molar-refractivity contribution >= 4 is 40.4 Å². The van der Waals surface area contributed by atoms with Gasteiger partial charge in [0.2, 0.25) is 0 Å². The first-order valence-electron chi connectivity index (χ1n) is 7.55. The fraction of sp³-hybridized carbons (Fsp3) is 0.375. The third kappa shape index (κ3) is 5.64. The topological polar surface area (TPSA) is 72.4 Å². The van der Waals surface area contributed by atoms with Crippen LogP contribution in [-0.4, -0.2) is 27.9 Å². The normalized spacial score (nSPS) is 12.0. The molecule has 0 saturated carbocycles. The molecule has 2 aromatic heterocycles. The zero-order chi connectivity index (χ0) is 20.4. The number of hydrogen-bond donors (Lipinski definition) is 0. The van der Waals surface area contributed by atoms with Gasteiger partial charge in [-0.1, -0.05) is 29.0 Å². The van der Waals surface area contributed by atoms with Crippen LogP contribution in [0.3, 0.4) is 0 Å². The Morgan fingerprint density at radius 3 is 2.44 bits per heavy atom. The van der Waals surface area contributed by atoms with E-state index in [-0.39, 0.29) is 21.7 Å². The lowest BCUT2D eigenvalue weighted by molar-refractivity contribution is -0.141. The van der Waals surface area contributed by atoms with Gasteiger partial charge in [0.15, 0.2) is 16.6 Å². The van der Waals surface area contributed by atoms with E-state index in [2.05, 4.69) is 9.97 Å². The average molecular weight is 422 g/mol. The third-order valence-corrected chi connectivity index (χ3v) is 4.41. The fourth-order valence-corrected chi connectivity index (χ4v) is 2.94. The molecule has 0 aliphatic rings. The number of halogens is 4. The molecular weight excluding hydrogens is 407 g/mol. The molecule has 6 nitrogen and oxygen atoms in total. The number of aldehydes is 1. The molecule has 0 atom stereocenters. The molecule has 2 rings (SSSR count). The number of carbonyl (C=O) groups is 2. The van der Waals surface area contributed by atoms with Crippen LogP contribution < -0.4 is 4.90 Å². The Bertz CT molecular complexity index is 832. The number of rotatable bonds is 4. The zero-order valence-electron chi connectivity index (χ0n) is 14.5. The van der Waals surface area contributed by atoms with Gasteiger partial charge in [0, 0.05) is 6.20 Å². The van der Waals surface area contributed by atoms with Gasteiger partial charge < -0.3 is 4.74 Å². The van der Waals surface area contributed by atoms with Gasteiger partial charge in [0.1, 0.15) is 16.2 Å². The summed E-state index contributed by atoms with van der Waals surface area (Å²) in [6.45, 7) is 4.82. The Hall–Kier alpha value is -2.20. The molecule has 0 N–H and O–H groups in total. The van der Waals surface area contributed by atoms with Crippen molar-refractivity contribution in [3.63, 3.8) is 0 Å². The van der Waals surface area contributed by atoms with Crippen molar-refractivity contribution in [3.8, 4) is 0 Å². The second-order valence-corrected chi connectivity index (χ2v) is 7.75. The van der Waals surface area contributed by atoms with Gasteiger partial charge in [0.25, 0.3) is 0 Å². The molecule has 0 aliphatic carbocycles. The standard InChI is InChI=1S/C16H15ClF3N3O3S/c1-15(2,3)26-14(25)23(13-22-12(17)10(8-24)27-13)7-9-4-5-11(21-6-9)16(18,19)20/h4-6,8H,7H2,1-3H3. The minimum absolute atomic E-state index is 0.0795. The number of carbonyl (C=O) groups excluding carboxylic acids is 2. The number of nitrogens with zero attached hydrogens (tertiary/aromatic N) is 3. The Labute approximate surface area is 161 Å². The summed E-state index contributed by atoms with van der Waals surface area (Å²) in [7, 11) is 0. The van der Waals surface area contributed by atoms with E-state index in [1.54, 1.807) is 20.8 Å². The largest absolute Gasteiger partial charge is 0.443 e. The van der Waals surface area contributed by atoms with Crippen LogP contribution in [0.1, 0.15) is 41.7 Å². The molecule has 0 unspecified atom stereocenters. The second-order valence-electron chi connectivity index (χ2n) is 6.39. The zero-order valence-corrected chi connectivity index (χ0v) is 16.1. The molecule has 2 heterocycles. The van der Waals surface area contributed by atoms with E-state index in [1.807, 2.05) is 0 Å². The lowest BCUT2D eigenvalue weighted by Crippen LogP contribution is -2.36. The lowest BCUT2D eigenvalue weighted by Gasteiger charge is -2.25. The van der Waals surface area contributed by atoms with Crippen molar-refractivity contribution in [1.29, 1.82) is 0 Å². The smallest absolute Gasteiger partial charge is 0.433 e. The summed E-state index contributed by atoms with van der Waals surface area (Å²) in [5.41, 5.74) is -1.55. The van der Waals surface area contributed by atoms with Crippen LogP contribution in [0.5, 0.6) is 0 Å². The summed E-state index contributed by atoms with van der Waals surface area (Å²) in [5.74, 6) is 0. The summed E-state index contributed by atoms with van der Waals surface area (Å²) in [6.07, 6.45) is -3.84. The first-order chi connectivity index (χ1) is 12.4. The van der Waals surface area contributed by atoms with Crippen molar-refractivity contribution in [2.24, 2.45) is 0 Å². The van der Waals surface area contributed by atoms with E-state index in [4.69, 9.17) is 16.3 Å². The number of pyridine rings is 1. The molecule has 0 radical (unpaired) electrons. The van der Waals surface area contributed by atoms with Gasteiger partial charge in [-0.3, -0.25) is 9.78 Å². The lowest BCUT2D eigenvalue weighted by atomic mass is 10.2. The molecule has 0 aliphatic heterocycles. The molecule has 1 amide bonds. The monoisotopic (exact) mass is 421 g/mol. The maximum Gasteiger partial charge on any atom is 0.433 e. The van der Waals surface area contributed by atoms with E-state index in [0.29, 0.717) is 11.8 Å². The molecule has 0 fully saturated rings. The summed E-state index contributed by atoms with van der Waals surface area (Å²) in [5, 5.41) is 0.000325. The van der Waals surface area contributed by atoms with Gasteiger partial charge >= 0.3 is 12.3 Å². The SMILES string of the molecule is CC(C)(C)OC(=O)N(Cc1ccc(C(F)(F)F)nc1)c1nc(Cl)c(C=O)s1. The number of thiazole rings is 1. The van der Waals surface area contributed by atoms with Gasteiger partial charge in [-0.15, -0.1) is 0 Å². The number of ether oxygens (including phenoxy) is 1. The van der Waals surface area contributed by atoms with E-state index in [1.165, 1.54) is 6.07 Å². The molecule has 27 heavy (non-hydrogen) atoms. The molecule has 0 spiro atoms. The van der Waals surface area contributed by atoms with E-state index < -0.39 is 23.6 Å². The van der Waals surface area contributed by atoms with Crippen LogP contribution in [-0.2, 0) is 17.5 Å². The number of alkyl halides is 3. The number of anilines is 1. The summed E-state index contributed by atoms with van der Waals surface area (Å²) < 4.78 is 43.2.